The van der Waals surface area contributed by atoms with Crippen molar-refractivity contribution in [1.29, 1.82) is 0 Å². The molecule has 0 fully saturated rings. The van der Waals surface area contributed by atoms with E-state index < -0.39 is 5.91 Å². The molecule has 0 aliphatic heterocycles. The molecule has 29 heavy (non-hydrogen) atoms. The SMILES string of the molecule is COc1cccc(OC)c1C(=O)Nc1ccccc1C(=O)Cc1cccc(C)c1. The molecular formula is C24H23NO4. The van der Waals surface area contributed by atoms with Gasteiger partial charge in [0.05, 0.1) is 19.9 Å². The first-order valence-electron chi connectivity index (χ1n) is 9.23. The quantitative estimate of drug-likeness (QED) is 0.596. The van der Waals surface area contributed by atoms with Crippen molar-refractivity contribution in [1.82, 2.24) is 0 Å². The van der Waals surface area contributed by atoms with Gasteiger partial charge in [0.1, 0.15) is 17.1 Å². The summed E-state index contributed by atoms with van der Waals surface area (Å²) in [7, 11) is 2.98. The number of para-hydroxylation sites is 1. The molecule has 5 nitrogen and oxygen atoms in total. The van der Waals surface area contributed by atoms with E-state index in [0.29, 0.717) is 22.7 Å². The van der Waals surface area contributed by atoms with E-state index in [-0.39, 0.29) is 17.8 Å². The third kappa shape index (κ3) is 4.63. The smallest absolute Gasteiger partial charge is 0.263 e. The maximum Gasteiger partial charge on any atom is 0.263 e. The molecule has 0 saturated heterocycles. The third-order valence-electron chi connectivity index (χ3n) is 4.58. The van der Waals surface area contributed by atoms with Crippen LogP contribution in [0.5, 0.6) is 11.5 Å². The summed E-state index contributed by atoms with van der Waals surface area (Å²) < 4.78 is 10.6. The minimum Gasteiger partial charge on any atom is -0.496 e. The Kier molecular flexibility index (Phi) is 6.29. The van der Waals surface area contributed by atoms with Gasteiger partial charge in [0, 0.05) is 12.0 Å². The minimum atomic E-state index is -0.407. The maximum absolute atomic E-state index is 13.0. The predicted molar refractivity (Wildman–Crippen MR) is 113 cm³/mol. The molecule has 148 valence electrons. The number of nitrogens with one attached hydrogen (secondary N) is 1. The van der Waals surface area contributed by atoms with Crippen molar-refractivity contribution in [3.8, 4) is 11.5 Å². The standard InChI is InChI=1S/C24H23NO4/c1-16-8-6-9-17(14-16)15-20(26)18-10-4-5-11-19(18)25-24(27)23-21(28-2)12-7-13-22(23)29-3/h4-14H,15H2,1-3H3,(H,25,27). The molecule has 3 aromatic rings. The van der Waals surface area contributed by atoms with Gasteiger partial charge in [-0.3, -0.25) is 9.59 Å². The molecule has 5 heteroatoms. The Morgan fingerprint density at radius 3 is 2.17 bits per heavy atom. The molecule has 0 atom stereocenters. The van der Waals surface area contributed by atoms with Crippen molar-refractivity contribution >= 4 is 17.4 Å². The average Bonchev–Trinajstić information content (AvgIpc) is 2.73. The number of ketones is 1. The summed E-state index contributed by atoms with van der Waals surface area (Å²) in [5, 5.41) is 2.83. The molecule has 0 aromatic heterocycles. The monoisotopic (exact) mass is 389 g/mol. The first-order chi connectivity index (χ1) is 14.0. The molecule has 0 aliphatic carbocycles. The van der Waals surface area contributed by atoms with Crippen molar-refractivity contribution in [3.63, 3.8) is 0 Å². The Morgan fingerprint density at radius 1 is 0.862 bits per heavy atom. The van der Waals surface area contributed by atoms with Crippen molar-refractivity contribution in [3.05, 3.63) is 89.0 Å². The molecule has 3 rings (SSSR count). The summed E-state index contributed by atoms with van der Waals surface area (Å²) in [6, 6.07) is 19.9. The van der Waals surface area contributed by atoms with E-state index in [4.69, 9.17) is 9.47 Å². The van der Waals surface area contributed by atoms with E-state index >= 15 is 0 Å². The fourth-order valence-electron chi connectivity index (χ4n) is 3.20. The maximum atomic E-state index is 13.0. The van der Waals surface area contributed by atoms with Crippen LogP contribution >= 0.6 is 0 Å². The zero-order valence-electron chi connectivity index (χ0n) is 16.7. The van der Waals surface area contributed by atoms with Crippen LogP contribution in [0.2, 0.25) is 0 Å². The van der Waals surface area contributed by atoms with E-state index in [1.165, 1.54) is 14.2 Å². The average molecular weight is 389 g/mol. The van der Waals surface area contributed by atoms with Crippen LogP contribution in [0, 0.1) is 6.92 Å². The van der Waals surface area contributed by atoms with Crippen LogP contribution in [0.1, 0.15) is 31.8 Å². The van der Waals surface area contributed by atoms with E-state index in [2.05, 4.69) is 5.32 Å². The number of hydrogen-bond acceptors (Lipinski definition) is 4. The van der Waals surface area contributed by atoms with E-state index in [9.17, 15) is 9.59 Å². The number of hydrogen-bond donors (Lipinski definition) is 1. The molecular weight excluding hydrogens is 366 g/mol. The highest BCUT2D eigenvalue weighted by molar-refractivity contribution is 6.12. The zero-order chi connectivity index (χ0) is 20.8. The number of amides is 1. The summed E-state index contributed by atoms with van der Waals surface area (Å²) >= 11 is 0. The third-order valence-corrected chi connectivity index (χ3v) is 4.58. The normalized spacial score (nSPS) is 10.3. The first-order valence-corrected chi connectivity index (χ1v) is 9.23. The van der Waals surface area contributed by atoms with E-state index in [1.807, 2.05) is 31.2 Å². The highest BCUT2D eigenvalue weighted by Gasteiger charge is 2.20. The predicted octanol–water partition coefficient (Wildman–Crippen LogP) is 4.69. The van der Waals surface area contributed by atoms with Gasteiger partial charge in [0.15, 0.2) is 5.78 Å². The Hall–Kier alpha value is -3.60. The second-order valence-electron chi connectivity index (χ2n) is 6.63. The lowest BCUT2D eigenvalue weighted by atomic mass is 10.00. The molecule has 0 spiro atoms. The molecule has 3 aromatic carbocycles. The number of carbonyl (C=O) groups excluding carboxylic acids is 2. The molecule has 0 aliphatic rings. The fourth-order valence-corrected chi connectivity index (χ4v) is 3.20. The molecule has 0 heterocycles. The van der Waals surface area contributed by atoms with Crippen LogP contribution in [0.25, 0.3) is 0 Å². The molecule has 1 amide bonds. The number of Topliss-reactive ketones (excluding diaryl/α,β-unsaturated/α-hetero) is 1. The Balaban J connectivity index is 1.88. The number of benzene rings is 3. The molecule has 0 bridgehead atoms. The number of methoxy groups -OCH3 is 2. The lowest BCUT2D eigenvalue weighted by Crippen LogP contribution is -2.17. The van der Waals surface area contributed by atoms with Crippen molar-refractivity contribution in [2.75, 3.05) is 19.5 Å². The van der Waals surface area contributed by atoms with Gasteiger partial charge in [-0.25, -0.2) is 0 Å². The zero-order valence-corrected chi connectivity index (χ0v) is 16.7. The van der Waals surface area contributed by atoms with Gasteiger partial charge in [0.2, 0.25) is 0 Å². The number of anilines is 1. The largest absolute Gasteiger partial charge is 0.496 e. The number of ether oxygens (including phenoxy) is 2. The number of rotatable bonds is 7. The van der Waals surface area contributed by atoms with Crippen molar-refractivity contribution in [2.24, 2.45) is 0 Å². The number of aryl methyl sites for hydroxylation is 1. The van der Waals surface area contributed by atoms with Crippen LogP contribution in [-0.2, 0) is 6.42 Å². The Labute approximate surface area is 170 Å². The van der Waals surface area contributed by atoms with Gasteiger partial charge < -0.3 is 14.8 Å². The van der Waals surface area contributed by atoms with Gasteiger partial charge in [-0.1, -0.05) is 48.0 Å². The van der Waals surface area contributed by atoms with Crippen LogP contribution in [0.4, 0.5) is 5.69 Å². The molecule has 1 N–H and O–H groups in total. The van der Waals surface area contributed by atoms with Gasteiger partial charge in [-0.05, 0) is 36.8 Å². The number of carbonyl (C=O) groups is 2. The van der Waals surface area contributed by atoms with E-state index in [1.54, 1.807) is 42.5 Å². The van der Waals surface area contributed by atoms with E-state index in [0.717, 1.165) is 11.1 Å². The van der Waals surface area contributed by atoms with Crippen LogP contribution in [-0.4, -0.2) is 25.9 Å². The summed E-state index contributed by atoms with van der Waals surface area (Å²) in [5.41, 5.74) is 3.21. The summed E-state index contributed by atoms with van der Waals surface area (Å²) in [6.07, 6.45) is 0.256. The van der Waals surface area contributed by atoms with Gasteiger partial charge in [-0.2, -0.15) is 0 Å². The summed E-state index contributed by atoms with van der Waals surface area (Å²) in [4.78, 5) is 25.9. The van der Waals surface area contributed by atoms with Crippen molar-refractivity contribution in [2.45, 2.75) is 13.3 Å². The highest BCUT2D eigenvalue weighted by atomic mass is 16.5. The van der Waals surface area contributed by atoms with Crippen LogP contribution in [0.15, 0.2) is 66.7 Å². The second kappa shape index (κ2) is 9.06. The van der Waals surface area contributed by atoms with Gasteiger partial charge >= 0.3 is 0 Å². The van der Waals surface area contributed by atoms with Gasteiger partial charge in [0.25, 0.3) is 5.91 Å². The van der Waals surface area contributed by atoms with Crippen LogP contribution < -0.4 is 14.8 Å². The lowest BCUT2D eigenvalue weighted by molar-refractivity contribution is 0.0994. The minimum absolute atomic E-state index is 0.0708. The van der Waals surface area contributed by atoms with Gasteiger partial charge in [-0.15, -0.1) is 0 Å². The fraction of sp³-hybridized carbons (Fsp3) is 0.167. The highest BCUT2D eigenvalue weighted by Crippen LogP contribution is 2.29. The van der Waals surface area contributed by atoms with Crippen LogP contribution in [0.3, 0.4) is 0 Å². The Bertz CT molecular complexity index is 1020. The first kappa shape index (κ1) is 20.1. The second-order valence-corrected chi connectivity index (χ2v) is 6.63. The molecule has 0 saturated carbocycles. The summed E-state index contributed by atoms with van der Waals surface area (Å²) in [5.74, 6) is 0.310. The molecule has 0 unspecified atom stereocenters. The Morgan fingerprint density at radius 2 is 1.52 bits per heavy atom. The molecule has 0 radical (unpaired) electrons. The topological polar surface area (TPSA) is 64.6 Å². The summed E-state index contributed by atoms with van der Waals surface area (Å²) in [6.45, 7) is 1.99. The van der Waals surface area contributed by atoms with Crippen molar-refractivity contribution < 1.29 is 19.1 Å². The lowest BCUT2D eigenvalue weighted by Gasteiger charge is -2.15.